The standard InChI is InChI=1S/C14H22N4O2/c1-3-18-5-4-15-13(18)8-17-6-11-9-20-10-12(7-17)16(2)14(11)19/h4-5,11-12H,3,6-10H2,1-2H3/t11-,12+/m1/s1. The summed E-state index contributed by atoms with van der Waals surface area (Å²) in [6.45, 7) is 6.64. The quantitative estimate of drug-likeness (QED) is 0.792. The van der Waals surface area contributed by atoms with Crippen molar-refractivity contribution in [2.45, 2.75) is 26.1 Å². The van der Waals surface area contributed by atoms with Crippen LogP contribution in [0.1, 0.15) is 12.7 Å². The molecule has 0 aromatic carbocycles. The highest BCUT2D eigenvalue weighted by Gasteiger charge is 2.37. The lowest BCUT2D eigenvalue weighted by molar-refractivity contribution is -0.133. The molecule has 1 aromatic rings. The first kappa shape index (κ1) is 13.6. The van der Waals surface area contributed by atoms with Crippen LogP contribution in [0.2, 0.25) is 0 Å². The molecule has 0 N–H and O–H groups in total. The maximum absolute atomic E-state index is 12.3. The lowest BCUT2D eigenvalue weighted by Crippen LogP contribution is -2.43. The second-order valence-corrected chi connectivity index (χ2v) is 5.66. The summed E-state index contributed by atoms with van der Waals surface area (Å²) < 4.78 is 7.78. The number of hydrogen-bond donors (Lipinski definition) is 0. The number of carbonyl (C=O) groups excluding carboxylic acids is 1. The summed E-state index contributed by atoms with van der Waals surface area (Å²) in [6, 6.07) is 0.153. The van der Waals surface area contributed by atoms with Gasteiger partial charge in [0.2, 0.25) is 5.91 Å². The van der Waals surface area contributed by atoms with Crippen LogP contribution in [0.25, 0.3) is 0 Å². The number of amides is 1. The molecule has 20 heavy (non-hydrogen) atoms. The summed E-state index contributed by atoms with van der Waals surface area (Å²) in [7, 11) is 1.89. The maximum Gasteiger partial charge on any atom is 0.229 e. The topological polar surface area (TPSA) is 50.6 Å². The van der Waals surface area contributed by atoms with Gasteiger partial charge < -0.3 is 14.2 Å². The maximum atomic E-state index is 12.3. The monoisotopic (exact) mass is 278 g/mol. The molecule has 0 radical (unpaired) electrons. The normalized spacial score (nSPS) is 27.7. The molecule has 3 heterocycles. The van der Waals surface area contributed by atoms with Gasteiger partial charge in [0.1, 0.15) is 5.82 Å². The van der Waals surface area contributed by atoms with Crippen LogP contribution in [-0.4, -0.2) is 64.7 Å². The summed E-state index contributed by atoms with van der Waals surface area (Å²) in [6.07, 6.45) is 3.85. The lowest BCUT2D eigenvalue weighted by Gasteiger charge is -2.29. The Labute approximate surface area is 119 Å². The average molecular weight is 278 g/mol. The third-order valence-electron chi connectivity index (χ3n) is 4.33. The summed E-state index contributed by atoms with van der Waals surface area (Å²) in [5.41, 5.74) is 0. The molecular formula is C14H22N4O2. The molecule has 2 bridgehead atoms. The first-order valence-corrected chi connectivity index (χ1v) is 7.25. The van der Waals surface area contributed by atoms with Crippen LogP contribution in [0, 0.1) is 5.92 Å². The third-order valence-corrected chi connectivity index (χ3v) is 4.33. The van der Waals surface area contributed by atoms with E-state index in [4.69, 9.17) is 4.74 Å². The molecule has 1 amide bonds. The van der Waals surface area contributed by atoms with Crippen LogP contribution < -0.4 is 0 Å². The Bertz CT molecular complexity index is 487. The fourth-order valence-corrected chi connectivity index (χ4v) is 3.10. The van der Waals surface area contributed by atoms with E-state index in [0.717, 1.165) is 32.0 Å². The minimum Gasteiger partial charge on any atom is -0.378 e. The first-order valence-electron chi connectivity index (χ1n) is 7.25. The average Bonchev–Trinajstić information content (AvgIpc) is 2.78. The number of carbonyl (C=O) groups is 1. The fraction of sp³-hybridized carbons (Fsp3) is 0.714. The van der Waals surface area contributed by atoms with Crippen molar-refractivity contribution in [1.82, 2.24) is 19.4 Å². The molecule has 0 aliphatic carbocycles. The fourth-order valence-electron chi connectivity index (χ4n) is 3.10. The van der Waals surface area contributed by atoms with E-state index in [9.17, 15) is 4.79 Å². The number of aryl methyl sites for hydroxylation is 1. The summed E-state index contributed by atoms with van der Waals surface area (Å²) in [4.78, 5) is 20.9. The van der Waals surface area contributed by atoms with Crippen molar-refractivity contribution in [2.75, 3.05) is 33.4 Å². The van der Waals surface area contributed by atoms with Gasteiger partial charge in [0.25, 0.3) is 0 Å². The zero-order chi connectivity index (χ0) is 14.1. The van der Waals surface area contributed by atoms with Crippen molar-refractivity contribution in [3.8, 4) is 0 Å². The highest BCUT2D eigenvalue weighted by molar-refractivity contribution is 5.79. The van der Waals surface area contributed by atoms with E-state index >= 15 is 0 Å². The molecule has 0 unspecified atom stereocenters. The first-order chi connectivity index (χ1) is 9.69. The lowest BCUT2D eigenvalue weighted by atomic mass is 10.1. The van der Waals surface area contributed by atoms with E-state index in [0.29, 0.717) is 13.2 Å². The van der Waals surface area contributed by atoms with Crippen LogP contribution in [0.3, 0.4) is 0 Å². The highest BCUT2D eigenvalue weighted by atomic mass is 16.5. The SMILES string of the molecule is CCn1ccnc1CN1C[C@@H]2COC[C@H](C1)N(C)C2=O. The number of fused-ring (bicyclic) bond motifs is 3. The van der Waals surface area contributed by atoms with E-state index in [-0.39, 0.29) is 17.9 Å². The number of rotatable bonds is 3. The molecule has 110 valence electrons. The second kappa shape index (κ2) is 5.54. The molecular weight excluding hydrogens is 256 g/mol. The highest BCUT2D eigenvalue weighted by Crippen LogP contribution is 2.20. The number of aromatic nitrogens is 2. The molecule has 3 rings (SSSR count). The minimum atomic E-state index is -0.0439. The van der Waals surface area contributed by atoms with Gasteiger partial charge in [-0.2, -0.15) is 0 Å². The Hall–Kier alpha value is -1.40. The van der Waals surface area contributed by atoms with Gasteiger partial charge >= 0.3 is 0 Å². The van der Waals surface area contributed by atoms with Crippen LogP contribution in [0.5, 0.6) is 0 Å². The Morgan fingerprint density at radius 3 is 3.05 bits per heavy atom. The summed E-state index contributed by atoms with van der Waals surface area (Å²) >= 11 is 0. The van der Waals surface area contributed by atoms with Gasteiger partial charge in [-0.05, 0) is 6.92 Å². The van der Waals surface area contributed by atoms with Gasteiger partial charge in [0.15, 0.2) is 0 Å². The van der Waals surface area contributed by atoms with E-state index in [1.807, 2.05) is 24.3 Å². The third kappa shape index (κ3) is 2.45. The Kier molecular flexibility index (Phi) is 3.76. The molecule has 1 aromatic heterocycles. The molecule has 2 aliphatic heterocycles. The Morgan fingerprint density at radius 1 is 1.40 bits per heavy atom. The van der Waals surface area contributed by atoms with Crippen molar-refractivity contribution in [3.63, 3.8) is 0 Å². The van der Waals surface area contributed by atoms with Crippen molar-refractivity contribution < 1.29 is 9.53 Å². The Balaban J connectivity index is 1.77. The van der Waals surface area contributed by atoms with Crippen LogP contribution in [-0.2, 0) is 22.6 Å². The van der Waals surface area contributed by atoms with Crippen LogP contribution >= 0.6 is 0 Å². The van der Waals surface area contributed by atoms with Crippen molar-refractivity contribution in [2.24, 2.45) is 5.92 Å². The van der Waals surface area contributed by atoms with E-state index in [1.165, 1.54) is 0 Å². The van der Waals surface area contributed by atoms with Gasteiger partial charge in [0, 0.05) is 39.1 Å². The molecule has 6 heteroatoms. The number of likely N-dealkylation sites (N-methyl/N-ethyl adjacent to an activating group) is 1. The molecule has 2 aliphatic rings. The van der Waals surface area contributed by atoms with Gasteiger partial charge in [-0.15, -0.1) is 0 Å². The van der Waals surface area contributed by atoms with Crippen molar-refractivity contribution >= 4 is 5.91 Å². The van der Waals surface area contributed by atoms with Crippen LogP contribution in [0.15, 0.2) is 12.4 Å². The second-order valence-electron chi connectivity index (χ2n) is 5.66. The molecule has 2 atom stereocenters. The van der Waals surface area contributed by atoms with E-state index in [1.54, 1.807) is 0 Å². The van der Waals surface area contributed by atoms with Gasteiger partial charge in [-0.25, -0.2) is 4.98 Å². The van der Waals surface area contributed by atoms with E-state index < -0.39 is 0 Å². The number of imidazole rings is 1. The molecule has 0 saturated carbocycles. The van der Waals surface area contributed by atoms with Crippen molar-refractivity contribution in [3.05, 3.63) is 18.2 Å². The molecule has 0 spiro atoms. The zero-order valence-corrected chi connectivity index (χ0v) is 12.2. The minimum absolute atomic E-state index is 0.0439. The predicted octanol–water partition coefficient (Wildman–Crippen LogP) is 0.192. The smallest absolute Gasteiger partial charge is 0.229 e. The molecule has 2 saturated heterocycles. The van der Waals surface area contributed by atoms with Gasteiger partial charge in [-0.3, -0.25) is 9.69 Å². The predicted molar refractivity (Wildman–Crippen MR) is 74.0 cm³/mol. The number of ether oxygens (including phenoxy) is 1. The summed E-state index contributed by atoms with van der Waals surface area (Å²) in [5, 5.41) is 0. The van der Waals surface area contributed by atoms with Gasteiger partial charge in [-0.1, -0.05) is 0 Å². The Morgan fingerprint density at radius 2 is 2.25 bits per heavy atom. The van der Waals surface area contributed by atoms with Crippen molar-refractivity contribution in [1.29, 1.82) is 0 Å². The summed E-state index contributed by atoms with van der Waals surface area (Å²) in [5.74, 6) is 1.25. The molecule has 2 fully saturated rings. The number of hydrogen-bond acceptors (Lipinski definition) is 4. The molecule has 6 nitrogen and oxygen atoms in total. The van der Waals surface area contributed by atoms with E-state index in [2.05, 4.69) is 21.4 Å². The number of nitrogens with zero attached hydrogens (tertiary/aromatic N) is 4. The largest absolute Gasteiger partial charge is 0.378 e. The zero-order valence-electron chi connectivity index (χ0n) is 12.2. The van der Waals surface area contributed by atoms with Crippen LogP contribution in [0.4, 0.5) is 0 Å². The van der Waals surface area contributed by atoms with Gasteiger partial charge in [0.05, 0.1) is 31.7 Å².